The number of pyridine rings is 1. The van der Waals surface area contributed by atoms with E-state index in [2.05, 4.69) is 15.4 Å². The first-order valence-electron chi connectivity index (χ1n) is 14.9. The molecule has 2 aliphatic rings. The number of benzene rings is 1. The van der Waals surface area contributed by atoms with E-state index >= 15 is 0 Å². The lowest BCUT2D eigenvalue weighted by molar-refractivity contribution is -0.138. The molecule has 0 bridgehead atoms. The molecule has 3 amide bonds. The van der Waals surface area contributed by atoms with Crippen molar-refractivity contribution in [1.82, 2.24) is 44.6 Å². The van der Waals surface area contributed by atoms with Crippen LogP contribution in [0, 0.1) is 13.8 Å². The number of carbonyl (C=O) groups is 3. The fourth-order valence-corrected chi connectivity index (χ4v) is 6.26. The molecule has 1 N–H and O–H groups in total. The highest BCUT2D eigenvalue weighted by molar-refractivity contribution is 6.06. The predicted molar refractivity (Wildman–Crippen MR) is 160 cm³/mol. The number of hydrogen-bond acceptors (Lipinski definition) is 7. The van der Waals surface area contributed by atoms with Crippen LogP contribution in [0.25, 0.3) is 22.4 Å². The van der Waals surface area contributed by atoms with Crippen molar-refractivity contribution in [2.75, 3.05) is 19.6 Å². The van der Waals surface area contributed by atoms with Gasteiger partial charge in [-0.3, -0.25) is 19.1 Å². The summed E-state index contributed by atoms with van der Waals surface area (Å²) in [5, 5.41) is 13.2. The lowest BCUT2D eigenvalue weighted by atomic mass is 10.1. The van der Waals surface area contributed by atoms with E-state index in [-0.39, 0.29) is 24.1 Å². The summed E-state index contributed by atoms with van der Waals surface area (Å²) in [6.45, 7) is 7.27. The fourth-order valence-electron chi connectivity index (χ4n) is 6.26. The second-order valence-electron chi connectivity index (χ2n) is 11.5. The maximum absolute atomic E-state index is 14.2. The molecule has 2 atom stereocenters. The van der Waals surface area contributed by atoms with Gasteiger partial charge in [0.05, 0.1) is 29.2 Å². The van der Waals surface area contributed by atoms with Crippen LogP contribution in [0.15, 0.2) is 36.4 Å². The molecule has 1 aromatic carbocycles. The van der Waals surface area contributed by atoms with Gasteiger partial charge in [0.2, 0.25) is 11.8 Å². The first kappa shape index (κ1) is 28.5. The molecule has 43 heavy (non-hydrogen) atoms. The van der Waals surface area contributed by atoms with Gasteiger partial charge in [0.15, 0.2) is 11.5 Å². The Bertz CT molecular complexity index is 1690. The van der Waals surface area contributed by atoms with Crippen LogP contribution < -0.4 is 5.32 Å². The summed E-state index contributed by atoms with van der Waals surface area (Å²) in [5.74, 6) is 0.768. The van der Waals surface area contributed by atoms with Crippen LogP contribution in [0.2, 0.25) is 0 Å². The molecule has 0 unspecified atom stereocenters. The van der Waals surface area contributed by atoms with Crippen LogP contribution in [0.4, 0.5) is 0 Å². The van der Waals surface area contributed by atoms with Crippen LogP contribution in [0.5, 0.6) is 0 Å². The lowest BCUT2D eigenvalue weighted by Gasteiger charge is -2.28. The normalized spacial score (nSPS) is 20.1. The van der Waals surface area contributed by atoms with Gasteiger partial charge in [-0.25, -0.2) is 14.6 Å². The van der Waals surface area contributed by atoms with Crippen molar-refractivity contribution >= 4 is 28.8 Å². The van der Waals surface area contributed by atoms with Crippen molar-refractivity contribution in [3.63, 3.8) is 0 Å². The van der Waals surface area contributed by atoms with E-state index in [1.165, 1.54) is 0 Å². The van der Waals surface area contributed by atoms with E-state index in [1.807, 2.05) is 64.2 Å². The molecule has 1 saturated heterocycles. The Morgan fingerprint density at radius 2 is 1.77 bits per heavy atom. The molecule has 0 spiro atoms. The maximum Gasteiger partial charge on any atom is 0.254 e. The maximum atomic E-state index is 14.2. The molecule has 224 valence electrons. The van der Waals surface area contributed by atoms with Crippen molar-refractivity contribution in [3.8, 4) is 11.4 Å². The van der Waals surface area contributed by atoms with Crippen molar-refractivity contribution in [3.05, 3.63) is 59.2 Å². The summed E-state index contributed by atoms with van der Waals surface area (Å²) >= 11 is 0. The number of rotatable bonds is 2. The van der Waals surface area contributed by atoms with Gasteiger partial charge in [-0.2, -0.15) is 10.2 Å². The number of amides is 3. The summed E-state index contributed by atoms with van der Waals surface area (Å²) < 4.78 is 3.49. The van der Waals surface area contributed by atoms with Crippen LogP contribution in [-0.2, 0) is 23.2 Å². The summed E-state index contributed by atoms with van der Waals surface area (Å²) in [5.41, 5.74) is 3.53. The highest BCUT2D eigenvalue weighted by Gasteiger charge is 2.35. The van der Waals surface area contributed by atoms with Gasteiger partial charge in [-0.1, -0.05) is 30.3 Å². The predicted octanol–water partition coefficient (Wildman–Crippen LogP) is 2.95. The Balaban J connectivity index is 1.38. The molecule has 0 saturated carbocycles. The molecule has 2 aliphatic heterocycles. The van der Waals surface area contributed by atoms with E-state index in [4.69, 9.17) is 10.1 Å². The molecular weight excluding hydrogens is 546 g/mol. The zero-order chi connectivity index (χ0) is 30.2. The van der Waals surface area contributed by atoms with Crippen LogP contribution >= 0.6 is 0 Å². The third-order valence-corrected chi connectivity index (χ3v) is 8.37. The van der Waals surface area contributed by atoms with E-state index in [9.17, 15) is 14.4 Å². The van der Waals surface area contributed by atoms with Gasteiger partial charge >= 0.3 is 0 Å². The summed E-state index contributed by atoms with van der Waals surface area (Å²) in [6.07, 6.45) is 2.13. The van der Waals surface area contributed by atoms with Gasteiger partial charge < -0.3 is 15.1 Å². The van der Waals surface area contributed by atoms with Crippen molar-refractivity contribution in [2.24, 2.45) is 7.05 Å². The topological polar surface area (TPSA) is 131 Å². The van der Waals surface area contributed by atoms with E-state index in [0.29, 0.717) is 61.9 Å². The number of aromatic nitrogens is 6. The largest absolute Gasteiger partial charge is 0.345 e. The van der Waals surface area contributed by atoms with Gasteiger partial charge in [0.25, 0.3) is 5.91 Å². The minimum atomic E-state index is -0.512. The second-order valence-corrected chi connectivity index (χ2v) is 11.5. The Labute approximate surface area is 250 Å². The second kappa shape index (κ2) is 11.6. The first-order valence-corrected chi connectivity index (χ1v) is 14.9. The van der Waals surface area contributed by atoms with Crippen molar-refractivity contribution in [1.29, 1.82) is 0 Å². The molecular formula is C31H37N9O3. The summed E-state index contributed by atoms with van der Waals surface area (Å²) in [4.78, 5) is 53.8. The van der Waals surface area contributed by atoms with Gasteiger partial charge in [-0.15, -0.1) is 0 Å². The van der Waals surface area contributed by atoms with E-state index in [1.54, 1.807) is 19.2 Å². The Hall–Kier alpha value is -4.61. The summed E-state index contributed by atoms with van der Waals surface area (Å²) in [7, 11) is 1.82. The number of nitrogens with one attached hydrogen (secondary N) is 1. The van der Waals surface area contributed by atoms with Crippen LogP contribution in [0.1, 0.15) is 66.2 Å². The molecule has 1 fully saturated rings. The highest BCUT2D eigenvalue weighted by Crippen LogP contribution is 2.25. The molecule has 12 heteroatoms. The molecule has 12 nitrogen and oxygen atoms in total. The zero-order valence-electron chi connectivity index (χ0n) is 25.1. The number of nitrogens with zero attached hydrogens (tertiary/aromatic N) is 8. The van der Waals surface area contributed by atoms with Gasteiger partial charge in [-0.05, 0) is 46.1 Å². The number of carbonyl (C=O) groups excluding carboxylic acids is 3. The monoisotopic (exact) mass is 583 g/mol. The standard InChI is InChI=1S/C31H37N9O3/c1-19-18-23(26-20(2)35-37(4)29(26)32-19)31(43)38-14-9-13-25(41)39-15-8-12-24(39)30(42)33-21(3)28-34-27(36-40(28)17-16-38)22-10-6-5-7-11-22/h5-7,10-11,18,21,24H,8-9,12-17H2,1-4H3,(H,33,42)/t21-,24-/m0/s1. The Morgan fingerprint density at radius 3 is 2.56 bits per heavy atom. The van der Waals surface area contributed by atoms with Gasteiger partial charge in [0, 0.05) is 44.4 Å². The SMILES string of the molecule is Cc1cc(C(=O)N2CCCC(=O)N3CCC[C@H]3C(=O)N[C@@H](C)c3nc(-c4ccccc4)nn3CC2)c2c(C)nn(C)c2n1. The van der Waals surface area contributed by atoms with Crippen molar-refractivity contribution < 1.29 is 14.4 Å². The summed E-state index contributed by atoms with van der Waals surface area (Å²) in [6, 6.07) is 10.5. The van der Waals surface area contributed by atoms with Crippen LogP contribution in [0.3, 0.4) is 0 Å². The number of fused-ring (bicyclic) bond motifs is 3. The molecule has 3 aromatic heterocycles. The molecule has 6 rings (SSSR count). The van der Waals surface area contributed by atoms with Crippen LogP contribution in [-0.4, -0.2) is 82.7 Å². The Kier molecular flexibility index (Phi) is 7.68. The third-order valence-electron chi connectivity index (χ3n) is 8.37. The molecule has 0 radical (unpaired) electrons. The molecule has 4 aromatic rings. The zero-order valence-corrected chi connectivity index (χ0v) is 25.1. The molecule has 5 heterocycles. The minimum Gasteiger partial charge on any atom is -0.345 e. The average Bonchev–Trinajstić information content (AvgIpc) is 3.72. The van der Waals surface area contributed by atoms with E-state index in [0.717, 1.165) is 28.8 Å². The Morgan fingerprint density at radius 1 is 0.977 bits per heavy atom. The third kappa shape index (κ3) is 5.49. The van der Waals surface area contributed by atoms with Crippen molar-refractivity contribution in [2.45, 2.75) is 65.1 Å². The minimum absolute atomic E-state index is 0.0606. The fraction of sp³-hybridized carbons (Fsp3) is 0.452. The average molecular weight is 584 g/mol. The van der Waals surface area contributed by atoms with Gasteiger partial charge in [0.1, 0.15) is 11.9 Å². The smallest absolute Gasteiger partial charge is 0.254 e. The lowest BCUT2D eigenvalue weighted by Crippen LogP contribution is -2.47. The highest BCUT2D eigenvalue weighted by atomic mass is 16.2. The number of aryl methyl sites for hydroxylation is 3. The molecule has 0 aliphatic carbocycles. The first-order chi connectivity index (χ1) is 20.7. The quantitative estimate of drug-likeness (QED) is 0.384. The van der Waals surface area contributed by atoms with E-state index < -0.39 is 12.1 Å². The number of hydrogen-bond donors (Lipinski definition) is 1.